The second-order valence-electron chi connectivity index (χ2n) is 4.32. The van der Waals surface area contributed by atoms with Gasteiger partial charge >= 0.3 is 0 Å². The molecule has 90 valence electrons. The van der Waals surface area contributed by atoms with Gasteiger partial charge in [0.1, 0.15) is 0 Å². The molecule has 0 radical (unpaired) electrons. The molecule has 1 aromatic heterocycles. The Bertz CT molecular complexity index is 355. The standard InChI is InChI=1S/C11H20N4O/c1-4-11(3,7-12)10(16)13-5-9-6-14-15-8(9)2/h6H,4-5,7,12H2,1-3H3,(H,13,16)(H,14,15). The van der Waals surface area contributed by atoms with Crippen molar-refractivity contribution in [1.82, 2.24) is 15.5 Å². The first-order valence-corrected chi connectivity index (χ1v) is 5.50. The molecular formula is C11H20N4O. The van der Waals surface area contributed by atoms with Gasteiger partial charge in [0.15, 0.2) is 0 Å². The molecule has 1 amide bonds. The lowest BCUT2D eigenvalue weighted by Gasteiger charge is -2.24. The highest BCUT2D eigenvalue weighted by Gasteiger charge is 2.29. The van der Waals surface area contributed by atoms with Crippen molar-refractivity contribution < 1.29 is 4.79 Å². The molecule has 1 heterocycles. The van der Waals surface area contributed by atoms with Crippen LogP contribution in [-0.2, 0) is 11.3 Å². The van der Waals surface area contributed by atoms with E-state index < -0.39 is 5.41 Å². The number of hydrogen-bond donors (Lipinski definition) is 3. The number of nitrogens with zero attached hydrogens (tertiary/aromatic N) is 1. The number of rotatable bonds is 5. The van der Waals surface area contributed by atoms with Crippen LogP contribution in [-0.4, -0.2) is 22.6 Å². The Hall–Kier alpha value is -1.36. The summed E-state index contributed by atoms with van der Waals surface area (Å²) in [5.74, 6) is -0.00176. The van der Waals surface area contributed by atoms with Crippen molar-refractivity contribution in [1.29, 1.82) is 0 Å². The van der Waals surface area contributed by atoms with E-state index in [4.69, 9.17) is 5.73 Å². The van der Waals surface area contributed by atoms with Gasteiger partial charge in [-0.15, -0.1) is 0 Å². The van der Waals surface area contributed by atoms with Gasteiger partial charge in [0.05, 0.1) is 11.6 Å². The van der Waals surface area contributed by atoms with Crippen LogP contribution in [0.15, 0.2) is 6.20 Å². The Morgan fingerprint density at radius 3 is 2.81 bits per heavy atom. The highest BCUT2D eigenvalue weighted by atomic mass is 16.2. The van der Waals surface area contributed by atoms with Crippen molar-refractivity contribution in [2.45, 2.75) is 33.7 Å². The van der Waals surface area contributed by atoms with Crippen molar-refractivity contribution in [2.24, 2.45) is 11.1 Å². The van der Waals surface area contributed by atoms with E-state index in [0.717, 1.165) is 17.7 Å². The normalized spacial score (nSPS) is 14.5. The van der Waals surface area contributed by atoms with Crippen molar-refractivity contribution in [3.05, 3.63) is 17.5 Å². The molecule has 0 aliphatic rings. The quantitative estimate of drug-likeness (QED) is 0.688. The number of aryl methyl sites for hydroxylation is 1. The van der Waals surface area contributed by atoms with Crippen molar-refractivity contribution in [3.63, 3.8) is 0 Å². The minimum absolute atomic E-state index is 0.00176. The minimum Gasteiger partial charge on any atom is -0.351 e. The van der Waals surface area contributed by atoms with Gasteiger partial charge in [0.25, 0.3) is 0 Å². The molecule has 0 saturated carbocycles. The van der Waals surface area contributed by atoms with E-state index in [-0.39, 0.29) is 5.91 Å². The molecule has 5 heteroatoms. The topological polar surface area (TPSA) is 83.8 Å². The lowest BCUT2D eigenvalue weighted by Crippen LogP contribution is -2.43. The molecule has 0 bridgehead atoms. The lowest BCUT2D eigenvalue weighted by molar-refractivity contribution is -0.130. The largest absolute Gasteiger partial charge is 0.351 e. The molecule has 1 atom stereocenters. The zero-order valence-electron chi connectivity index (χ0n) is 10.1. The number of nitrogens with two attached hydrogens (primary N) is 1. The van der Waals surface area contributed by atoms with Gasteiger partial charge in [-0.05, 0) is 20.3 Å². The van der Waals surface area contributed by atoms with E-state index in [1.807, 2.05) is 20.8 Å². The summed E-state index contributed by atoms with van der Waals surface area (Å²) >= 11 is 0. The van der Waals surface area contributed by atoms with Gasteiger partial charge in [-0.25, -0.2) is 0 Å². The summed E-state index contributed by atoms with van der Waals surface area (Å²) in [6.07, 6.45) is 2.46. The van der Waals surface area contributed by atoms with E-state index in [9.17, 15) is 4.79 Å². The number of aromatic nitrogens is 2. The molecule has 0 fully saturated rings. The molecule has 4 N–H and O–H groups in total. The first-order chi connectivity index (χ1) is 7.53. The first kappa shape index (κ1) is 12.7. The minimum atomic E-state index is -0.475. The zero-order chi connectivity index (χ0) is 12.2. The Labute approximate surface area is 95.8 Å². The predicted octanol–water partition coefficient (Wildman–Crippen LogP) is 0.709. The second kappa shape index (κ2) is 5.12. The highest BCUT2D eigenvalue weighted by molar-refractivity contribution is 5.82. The molecule has 0 aliphatic heterocycles. The van der Waals surface area contributed by atoms with Crippen LogP contribution in [0.2, 0.25) is 0 Å². The van der Waals surface area contributed by atoms with Crippen LogP contribution in [0.1, 0.15) is 31.5 Å². The number of nitrogens with one attached hydrogen (secondary N) is 2. The van der Waals surface area contributed by atoms with Gasteiger partial charge in [-0.1, -0.05) is 6.92 Å². The average molecular weight is 224 g/mol. The third kappa shape index (κ3) is 2.61. The summed E-state index contributed by atoms with van der Waals surface area (Å²) < 4.78 is 0. The average Bonchev–Trinajstić information content (AvgIpc) is 2.70. The zero-order valence-corrected chi connectivity index (χ0v) is 10.1. The molecule has 1 aromatic rings. The molecule has 16 heavy (non-hydrogen) atoms. The maximum atomic E-state index is 11.9. The van der Waals surface area contributed by atoms with E-state index >= 15 is 0 Å². The number of carbonyl (C=O) groups excluding carboxylic acids is 1. The van der Waals surface area contributed by atoms with E-state index in [1.165, 1.54) is 0 Å². The van der Waals surface area contributed by atoms with E-state index in [1.54, 1.807) is 6.20 Å². The Morgan fingerprint density at radius 1 is 1.69 bits per heavy atom. The van der Waals surface area contributed by atoms with Crippen LogP contribution < -0.4 is 11.1 Å². The summed E-state index contributed by atoms with van der Waals surface area (Å²) in [5.41, 5.74) is 7.12. The maximum Gasteiger partial charge on any atom is 0.227 e. The van der Waals surface area contributed by atoms with Gasteiger partial charge in [0, 0.05) is 24.3 Å². The maximum absolute atomic E-state index is 11.9. The van der Waals surface area contributed by atoms with Gasteiger partial charge in [-0.3, -0.25) is 9.89 Å². The Kier molecular flexibility index (Phi) is 4.06. The summed E-state index contributed by atoms with van der Waals surface area (Å²) in [7, 11) is 0. The smallest absolute Gasteiger partial charge is 0.227 e. The fraction of sp³-hybridized carbons (Fsp3) is 0.636. The third-order valence-corrected chi connectivity index (χ3v) is 3.15. The van der Waals surface area contributed by atoms with Crippen molar-refractivity contribution in [2.75, 3.05) is 6.54 Å². The fourth-order valence-electron chi connectivity index (χ4n) is 1.34. The summed E-state index contributed by atoms with van der Waals surface area (Å²) in [4.78, 5) is 11.9. The van der Waals surface area contributed by atoms with Crippen LogP contribution in [0.5, 0.6) is 0 Å². The number of aromatic amines is 1. The van der Waals surface area contributed by atoms with E-state index in [0.29, 0.717) is 13.1 Å². The fourth-order valence-corrected chi connectivity index (χ4v) is 1.34. The van der Waals surface area contributed by atoms with Gasteiger partial charge < -0.3 is 11.1 Å². The molecule has 0 saturated heterocycles. The molecule has 1 unspecified atom stereocenters. The summed E-state index contributed by atoms with van der Waals surface area (Å²) in [6.45, 7) is 6.63. The number of amides is 1. The molecule has 0 aromatic carbocycles. The first-order valence-electron chi connectivity index (χ1n) is 5.50. The van der Waals surface area contributed by atoms with E-state index in [2.05, 4.69) is 15.5 Å². The van der Waals surface area contributed by atoms with Crippen LogP contribution in [0.25, 0.3) is 0 Å². The molecular weight excluding hydrogens is 204 g/mol. The third-order valence-electron chi connectivity index (χ3n) is 3.15. The van der Waals surface area contributed by atoms with Crippen LogP contribution >= 0.6 is 0 Å². The second-order valence-corrected chi connectivity index (χ2v) is 4.32. The summed E-state index contributed by atoms with van der Waals surface area (Å²) in [5, 5.41) is 9.62. The Morgan fingerprint density at radius 2 is 2.38 bits per heavy atom. The highest BCUT2D eigenvalue weighted by Crippen LogP contribution is 2.19. The lowest BCUT2D eigenvalue weighted by atomic mass is 9.86. The van der Waals surface area contributed by atoms with Crippen LogP contribution in [0.4, 0.5) is 0 Å². The monoisotopic (exact) mass is 224 g/mol. The SMILES string of the molecule is CCC(C)(CN)C(=O)NCc1cn[nH]c1C. The van der Waals surface area contributed by atoms with Crippen molar-refractivity contribution >= 4 is 5.91 Å². The number of hydrogen-bond acceptors (Lipinski definition) is 3. The molecule has 0 spiro atoms. The molecule has 1 rings (SSSR count). The van der Waals surface area contributed by atoms with Crippen LogP contribution in [0.3, 0.4) is 0 Å². The van der Waals surface area contributed by atoms with Crippen molar-refractivity contribution in [3.8, 4) is 0 Å². The molecule has 0 aliphatic carbocycles. The van der Waals surface area contributed by atoms with Gasteiger partial charge in [0.2, 0.25) is 5.91 Å². The van der Waals surface area contributed by atoms with Gasteiger partial charge in [-0.2, -0.15) is 5.10 Å². The number of H-pyrrole nitrogens is 1. The number of carbonyl (C=O) groups is 1. The summed E-state index contributed by atoms with van der Waals surface area (Å²) in [6, 6.07) is 0. The van der Waals surface area contributed by atoms with Crippen LogP contribution in [0, 0.1) is 12.3 Å². The predicted molar refractivity (Wildman–Crippen MR) is 62.6 cm³/mol. The molecule has 5 nitrogen and oxygen atoms in total. The Balaban J connectivity index is 2.56.